The van der Waals surface area contributed by atoms with E-state index in [0.29, 0.717) is 29.2 Å². The molecule has 1 aliphatic heterocycles. The Morgan fingerprint density at radius 2 is 1.92 bits per heavy atom. The lowest BCUT2D eigenvalue weighted by Crippen LogP contribution is -2.35. The lowest BCUT2D eigenvalue weighted by Gasteiger charge is -2.37. The molecule has 6 heteroatoms. The molecule has 0 spiro atoms. The van der Waals surface area contributed by atoms with Crippen LogP contribution in [-0.4, -0.2) is 18.9 Å². The molecule has 1 heterocycles. The molecule has 0 bridgehead atoms. The number of methoxy groups -OCH3 is 1. The van der Waals surface area contributed by atoms with Crippen LogP contribution in [0.1, 0.15) is 38.2 Å². The number of rotatable bonds is 2. The molecule has 0 fully saturated rings. The van der Waals surface area contributed by atoms with Gasteiger partial charge in [0.05, 0.1) is 13.0 Å². The number of allylic oxidation sites excluding steroid dienone is 2. The number of ether oxygens (including phenoxy) is 2. The van der Waals surface area contributed by atoms with E-state index in [1.165, 1.54) is 7.11 Å². The van der Waals surface area contributed by atoms with Crippen molar-refractivity contribution in [3.05, 3.63) is 57.6 Å². The van der Waals surface area contributed by atoms with Gasteiger partial charge in [0.2, 0.25) is 5.88 Å². The molecule has 25 heavy (non-hydrogen) atoms. The Balaban J connectivity index is 2.19. The Morgan fingerprint density at radius 1 is 1.28 bits per heavy atom. The molecule has 0 saturated carbocycles. The zero-order valence-corrected chi connectivity index (χ0v) is 15.1. The zero-order chi connectivity index (χ0) is 18.4. The summed E-state index contributed by atoms with van der Waals surface area (Å²) in [6.45, 7) is 4.01. The summed E-state index contributed by atoms with van der Waals surface area (Å²) < 4.78 is 10.6. The third-order valence-corrected chi connectivity index (χ3v) is 4.82. The maximum Gasteiger partial charge on any atom is 0.340 e. The molecule has 0 amide bonds. The summed E-state index contributed by atoms with van der Waals surface area (Å²) in [4.78, 5) is 25.2. The van der Waals surface area contributed by atoms with Gasteiger partial charge in [0, 0.05) is 23.4 Å². The maximum atomic E-state index is 12.9. The number of carbonyl (C=O) groups is 2. The maximum absolute atomic E-state index is 12.9. The van der Waals surface area contributed by atoms with Gasteiger partial charge >= 0.3 is 5.97 Å². The van der Waals surface area contributed by atoms with Gasteiger partial charge < -0.3 is 15.2 Å². The van der Waals surface area contributed by atoms with Crippen molar-refractivity contribution in [2.75, 3.05) is 7.11 Å². The molecule has 1 aromatic carbocycles. The Labute approximate surface area is 151 Å². The van der Waals surface area contributed by atoms with E-state index in [1.807, 2.05) is 13.8 Å². The normalized spacial score (nSPS) is 22.4. The van der Waals surface area contributed by atoms with Gasteiger partial charge in [-0.05, 0) is 23.1 Å². The topological polar surface area (TPSA) is 78.6 Å². The number of esters is 1. The molecule has 0 radical (unpaired) electrons. The van der Waals surface area contributed by atoms with Crippen molar-refractivity contribution in [2.24, 2.45) is 11.1 Å². The van der Waals surface area contributed by atoms with Gasteiger partial charge in [0.15, 0.2) is 5.78 Å². The Hall–Kier alpha value is -2.27. The first-order valence-corrected chi connectivity index (χ1v) is 8.39. The summed E-state index contributed by atoms with van der Waals surface area (Å²) in [5.74, 6) is -0.749. The van der Waals surface area contributed by atoms with Crippen LogP contribution in [0.3, 0.4) is 0 Å². The minimum absolute atomic E-state index is 0.0175. The fourth-order valence-electron chi connectivity index (χ4n) is 3.48. The van der Waals surface area contributed by atoms with Crippen LogP contribution in [0, 0.1) is 5.41 Å². The fourth-order valence-corrected chi connectivity index (χ4v) is 3.61. The van der Waals surface area contributed by atoms with Crippen LogP contribution in [0.2, 0.25) is 5.02 Å². The van der Waals surface area contributed by atoms with Crippen LogP contribution in [0.5, 0.6) is 0 Å². The van der Waals surface area contributed by atoms with E-state index < -0.39 is 11.9 Å². The number of halogens is 1. The number of carbonyl (C=O) groups excluding carboxylic acids is 2. The predicted molar refractivity (Wildman–Crippen MR) is 93.6 cm³/mol. The van der Waals surface area contributed by atoms with Crippen molar-refractivity contribution < 1.29 is 19.1 Å². The highest BCUT2D eigenvalue weighted by Crippen LogP contribution is 2.48. The quantitative estimate of drug-likeness (QED) is 0.816. The lowest BCUT2D eigenvalue weighted by molar-refractivity contribution is -0.136. The van der Waals surface area contributed by atoms with Crippen molar-refractivity contribution in [3.8, 4) is 0 Å². The van der Waals surface area contributed by atoms with E-state index in [9.17, 15) is 9.59 Å². The molecule has 1 aliphatic carbocycles. The summed E-state index contributed by atoms with van der Waals surface area (Å²) >= 11 is 5.98. The van der Waals surface area contributed by atoms with Gasteiger partial charge in [-0.15, -0.1) is 0 Å². The molecular weight excluding hydrogens is 342 g/mol. The Kier molecular flexibility index (Phi) is 4.37. The van der Waals surface area contributed by atoms with Crippen molar-refractivity contribution in [3.63, 3.8) is 0 Å². The first-order valence-electron chi connectivity index (χ1n) is 8.01. The van der Waals surface area contributed by atoms with Crippen LogP contribution in [0.25, 0.3) is 0 Å². The van der Waals surface area contributed by atoms with Gasteiger partial charge in [-0.1, -0.05) is 37.6 Å². The van der Waals surface area contributed by atoms with Crippen LogP contribution in [0.4, 0.5) is 0 Å². The van der Waals surface area contributed by atoms with Crippen LogP contribution < -0.4 is 5.73 Å². The van der Waals surface area contributed by atoms with Gasteiger partial charge in [0.1, 0.15) is 11.3 Å². The molecule has 1 aromatic rings. The number of hydrogen-bond donors (Lipinski definition) is 1. The third kappa shape index (κ3) is 3.16. The Morgan fingerprint density at radius 3 is 2.52 bits per heavy atom. The van der Waals surface area contributed by atoms with Gasteiger partial charge in [-0.2, -0.15) is 0 Å². The first-order chi connectivity index (χ1) is 11.7. The van der Waals surface area contributed by atoms with E-state index in [-0.39, 0.29) is 22.7 Å². The molecule has 0 unspecified atom stereocenters. The SMILES string of the molecule is COC(=O)C1=C(N)OC2=C(C(=O)CC(C)(C)C2)[C@H]1c1ccc(Cl)cc1. The van der Waals surface area contributed by atoms with E-state index in [1.54, 1.807) is 24.3 Å². The minimum atomic E-state index is -0.614. The molecule has 5 nitrogen and oxygen atoms in total. The van der Waals surface area contributed by atoms with Crippen molar-refractivity contribution in [1.29, 1.82) is 0 Å². The van der Waals surface area contributed by atoms with Crippen LogP contribution in [0.15, 0.2) is 47.1 Å². The summed E-state index contributed by atoms with van der Waals surface area (Å²) in [5, 5.41) is 0.567. The van der Waals surface area contributed by atoms with E-state index in [2.05, 4.69) is 0 Å². The van der Waals surface area contributed by atoms with Crippen molar-refractivity contribution in [2.45, 2.75) is 32.6 Å². The molecule has 1 atom stereocenters. The second-order valence-corrected chi connectivity index (χ2v) is 7.57. The molecule has 2 N–H and O–H groups in total. The average Bonchev–Trinajstić information content (AvgIpc) is 2.52. The first kappa shape index (κ1) is 17.5. The van der Waals surface area contributed by atoms with E-state index in [0.717, 1.165) is 5.56 Å². The molecular formula is C19H20ClNO4. The number of Topliss-reactive ketones (excluding diaryl/α,β-unsaturated/α-hetero) is 1. The number of ketones is 1. The lowest BCUT2D eigenvalue weighted by atomic mass is 9.70. The monoisotopic (exact) mass is 361 g/mol. The Bertz CT molecular complexity index is 805. The number of benzene rings is 1. The fraction of sp³-hybridized carbons (Fsp3) is 0.368. The molecule has 0 aromatic heterocycles. The van der Waals surface area contributed by atoms with Crippen molar-refractivity contribution in [1.82, 2.24) is 0 Å². The van der Waals surface area contributed by atoms with E-state index >= 15 is 0 Å². The molecule has 132 valence electrons. The highest BCUT2D eigenvalue weighted by atomic mass is 35.5. The second kappa shape index (κ2) is 6.23. The minimum Gasteiger partial charge on any atom is -0.465 e. The van der Waals surface area contributed by atoms with Crippen molar-refractivity contribution >= 4 is 23.4 Å². The summed E-state index contributed by atoms with van der Waals surface area (Å²) in [7, 11) is 1.28. The number of hydrogen-bond acceptors (Lipinski definition) is 5. The largest absolute Gasteiger partial charge is 0.465 e. The molecule has 0 saturated heterocycles. The van der Waals surface area contributed by atoms with Gasteiger partial charge in [0.25, 0.3) is 0 Å². The number of nitrogens with two attached hydrogens (primary N) is 1. The van der Waals surface area contributed by atoms with E-state index in [4.69, 9.17) is 26.8 Å². The van der Waals surface area contributed by atoms with Crippen LogP contribution >= 0.6 is 11.6 Å². The summed E-state index contributed by atoms with van der Waals surface area (Å²) in [6, 6.07) is 7.00. The third-order valence-electron chi connectivity index (χ3n) is 4.56. The highest BCUT2D eigenvalue weighted by Gasteiger charge is 2.44. The summed E-state index contributed by atoms with van der Waals surface area (Å²) in [6.07, 6.45) is 0.959. The van der Waals surface area contributed by atoms with Gasteiger partial charge in [-0.25, -0.2) is 4.79 Å². The van der Waals surface area contributed by atoms with Gasteiger partial charge in [-0.3, -0.25) is 4.79 Å². The predicted octanol–water partition coefficient (Wildman–Crippen LogP) is 3.44. The average molecular weight is 362 g/mol. The highest BCUT2D eigenvalue weighted by molar-refractivity contribution is 6.30. The molecule has 2 aliphatic rings. The standard InChI is InChI=1S/C19H20ClNO4/c1-19(2)8-12(22)15-13(9-19)25-17(21)16(18(23)24-3)14(15)10-4-6-11(20)7-5-10/h4-7,14H,8-9,21H2,1-3H3/t14-/m1/s1. The zero-order valence-electron chi connectivity index (χ0n) is 14.4. The van der Waals surface area contributed by atoms with Crippen LogP contribution in [-0.2, 0) is 19.1 Å². The smallest absolute Gasteiger partial charge is 0.340 e. The second-order valence-electron chi connectivity index (χ2n) is 7.13. The molecule has 3 rings (SSSR count). The summed E-state index contributed by atoms with van der Waals surface area (Å²) in [5.41, 5.74) is 7.20.